The third-order valence-corrected chi connectivity index (χ3v) is 8.47. The van der Waals surface area contributed by atoms with Gasteiger partial charge in [-0.05, 0) is 85.7 Å². The van der Waals surface area contributed by atoms with E-state index in [1.165, 1.54) is 46.9 Å². The standard InChI is InChI=1S/C33H36F4N6OS/c1-22(2)29-19-26(34)11-16-30(29)42-17-18-45-32(42)39-20-38-23(3)5-4-6-24-7-9-25(10-8-24)31-40-21-43(41-31)27-12-14-28(15-13-27)44-33(35,36)37/h7-16,19,21-23,38H,4-6,17-18,20H2,1-3H3/b39-32-. The fourth-order valence-electron chi connectivity index (χ4n) is 5.11. The minimum Gasteiger partial charge on any atom is -0.406 e. The molecule has 1 saturated heterocycles. The molecule has 1 unspecified atom stereocenters. The van der Waals surface area contributed by atoms with Crippen LogP contribution in [0.15, 0.2) is 78.0 Å². The van der Waals surface area contributed by atoms with Crippen LogP contribution in [0, 0.1) is 5.82 Å². The number of anilines is 1. The third kappa shape index (κ3) is 8.85. The number of benzene rings is 3. The SMILES string of the molecule is CC(CCCc1ccc(-c2ncn(-c3ccc(OC(F)(F)F)cc3)n2)cc1)NC/N=C1\SCCN1c1ccc(F)cc1C(C)C. The number of aromatic nitrogens is 3. The molecule has 0 bridgehead atoms. The van der Waals surface area contributed by atoms with Gasteiger partial charge in [0.25, 0.3) is 0 Å². The van der Waals surface area contributed by atoms with Gasteiger partial charge in [0.15, 0.2) is 11.0 Å². The number of halogens is 4. The van der Waals surface area contributed by atoms with Crippen molar-refractivity contribution in [1.82, 2.24) is 20.1 Å². The largest absolute Gasteiger partial charge is 0.573 e. The second-order valence-corrected chi connectivity index (χ2v) is 12.3. The van der Waals surface area contributed by atoms with Gasteiger partial charge in [0.1, 0.15) is 17.9 Å². The summed E-state index contributed by atoms with van der Waals surface area (Å²) in [5.41, 5.74) is 4.67. The van der Waals surface area contributed by atoms with Crippen LogP contribution in [0.3, 0.4) is 0 Å². The van der Waals surface area contributed by atoms with Crippen molar-refractivity contribution in [3.63, 3.8) is 0 Å². The number of nitrogens with one attached hydrogen (secondary N) is 1. The number of hydrogen-bond donors (Lipinski definition) is 1. The van der Waals surface area contributed by atoms with Crippen molar-refractivity contribution in [2.75, 3.05) is 23.9 Å². The van der Waals surface area contributed by atoms with E-state index in [0.717, 1.165) is 53.5 Å². The number of ether oxygens (including phenoxy) is 1. The monoisotopic (exact) mass is 640 g/mol. The molecule has 12 heteroatoms. The highest BCUT2D eigenvalue weighted by molar-refractivity contribution is 8.14. The molecule has 1 fully saturated rings. The van der Waals surface area contributed by atoms with Crippen molar-refractivity contribution in [3.05, 3.63) is 90.0 Å². The second kappa shape index (κ2) is 14.5. The predicted octanol–water partition coefficient (Wildman–Crippen LogP) is 7.96. The Morgan fingerprint density at radius 3 is 2.49 bits per heavy atom. The molecule has 238 valence electrons. The molecule has 1 N–H and O–H groups in total. The molecule has 1 aliphatic rings. The third-order valence-electron chi connectivity index (χ3n) is 7.47. The molecule has 0 spiro atoms. The van der Waals surface area contributed by atoms with Crippen LogP contribution in [-0.2, 0) is 6.42 Å². The van der Waals surface area contributed by atoms with Crippen LogP contribution in [-0.4, -0.2) is 51.3 Å². The predicted molar refractivity (Wildman–Crippen MR) is 172 cm³/mol. The first-order valence-corrected chi connectivity index (χ1v) is 15.9. The summed E-state index contributed by atoms with van der Waals surface area (Å²) in [4.78, 5) is 11.4. The zero-order valence-electron chi connectivity index (χ0n) is 25.4. The van der Waals surface area contributed by atoms with Crippen LogP contribution in [0.4, 0.5) is 23.2 Å². The fraction of sp³-hybridized carbons (Fsp3) is 0.364. The van der Waals surface area contributed by atoms with E-state index in [1.807, 2.05) is 18.2 Å². The molecule has 1 atom stereocenters. The molecule has 7 nitrogen and oxygen atoms in total. The Kier molecular flexibility index (Phi) is 10.4. The van der Waals surface area contributed by atoms with E-state index >= 15 is 0 Å². The molecule has 0 aliphatic carbocycles. The Morgan fingerprint density at radius 2 is 1.78 bits per heavy atom. The number of amidine groups is 1. The lowest BCUT2D eigenvalue weighted by Gasteiger charge is -2.23. The molecule has 0 saturated carbocycles. The average Bonchev–Trinajstić information content (AvgIpc) is 3.68. The summed E-state index contributed by atoms with van der Waals surface area (Å²) >= 11 is 1.73. The fourth-order valence-corrected chi connectivity index (χ4v) is 6.07. The number of thioether (sulfide) groups is 1. The molecule has 0 radical (unpaired) electrons. The summed E-state index contributed by atoms with van der Waals surface area (Å²) in [6, 6.07) is 18.9. The van der Waals surface area contributed by atoms with E-state index in [2.05, 4.69) is 57.9 Å². The lowest BCUT2D eigenvalue weighted by atomic mass is 10.0. The minimum atomic E-state index is -4.73. The van der Waals surface area contributed by atoms with Gasteiger partial charge in [-0.1, -0.05) is 49.9 Å². The van der Waals surface area contributed by atoms with Gasteiger partial charge >= 0.3 is 6.36 Å². The van der Waals surface area contributed by atoms with E-state index < -0.39 is 6.36 Å². The topological polar surface area (TPSA) is 67.6 Å². The zero-order chi connectivity index (χ0) is 32.0. The Balaban J connectivity index is 1.08. The van der Waals surface area contributed by atoms with E-state index in [4.69, 9.17) is 4.99 Å². The summed E-state index contributed by atoms with van der Waals surface area (Å²) in [5, 5.41) is 8.95. The lowest BCUT2D eigenvalue weighted by Crippen LogP contribution is -2.29. The average molecular weight is 641 g/mol. The van der Waals surface area contributed by atoms with Crippen LogP contribution >= 0.6 is 11.8 Å². The van der Waals surface area contributed by atoms with Crippen molar-refractivity contribution in [3.8, 4) is 22.8 Å². The second-order valence-electron chi connectivity index (χ2n) is 11.2. The van der Waals surface area contributed by atoms with Gasteiger partial charge in [0.2, 0.25) is 0 Å². The number of alkyl halides is 3. The number of rotatable bonds is 12. The lowest BCUT2D eigenvalue weighted by molar-refractivity contribution is -0.274. The maximum Gasteiger partial charge on any atom is 0.573 e. The van der Waals surface area contributed by atoms with Crippen LogP contribution in [0.5, 0.6) is 5.75 Å². The summed E-state index contributed by atoms with van der Waals surface area (Å²) in [6.07, 6.45) is -0.267. The molecular weight excluding hydrogens is 604 g/mol. The highest BCUT2D eigenvalue weighted by Crippen LogP contribution is 2.33. The van der Waals surface area contributed by atoms with Crippen LogP contribution in [0.2, 0.25) is 0 Å². The highest BCUT2D eigenvalue weighted by atomic mass is 32.2. The number of nitrogens with zero attached hydrogens (tertiary/aromatic N) is 5. The normalized spacial score (nSPS) is 15.3. The molecule has 1 aliphatic heterocycles. The van der Waals surface area contributed by atoms with Gasteiger partial charge in [-0.3, -0.25) is 5.32 Å². The number of hydrogen-bond acceptors (Lipinski definition) is 6. The minimum absolute atomic E-state index is 0.211. The van der Waals surface area contributed by atoms with E-state index in [9.17, 15) is 17.6 Å². The maximum atomic E-state index is 13.9. The summed E-state index contributed by atoms with van der Waals surface area (Å²) < 4.78 is 56.5. The Morgan fingerprint density at radius 1 is 1.02 bits per heavy atom. The van der Waals surface area contributed by atoms with Gasteiger partial charge in [-0.15, -0.1) is 18.3 Å². The summed E-state index contributed by atoms with van der Waals surface area (Å²) in [7, 11) is 0. The van der Waals surface area contributed by atoms with Gasteiger partial charge in [0.05, 0.1) is 12.4 Å². The smallest absolute Gasteiger partial charge is 0.406 e. The van der Waals surface area contributed by atoms with Crippen molar-refractivity contribution in [2.45, 2.75) is 58.4 Å². The highest BCUT2D eigenvalue weighted by Gasteiger charge is 2.31. The quantitative estimate of drug-likeness (QED) is 0.159. The van der Waals surface area contributed by atoms with Crippen LogP contribution in [0.1, 0.15) is 50.7 Å². The molecule has 45 heavy (non-hydrogen) atoms. The number of aliphatic imine (C=N–C) groups is 1. The van der Waals surface area contributed by atoms with E-state index in [1.54, 1.807) is 17.8 Å². The first-order valence-electron chi connectivity index (χ1n) is 14.9. The molecule has 0 amide bonds. The maximum absolute atomic E-state index is 13.9. The van der Waals surface area contributed by atoms with Crippen molar-refractivity contribution < 1.29 is 22.3 Å². The van der Waals surface area contributed by atoms with Crippen molar-refractivity contribution in [1.29, 1.82) is 0 Å². The van der Waals surface area contributed by atoms with Gasteiger partial charge in [0, 0.05) is 29.6 Å². The molecule has 2 heterocycles. The Labute approximate surface area is 264 Å². The zero-order valence-corrected chi connectivity index (χ0v) is 26.2. The van der Waals surface area contributed by atoms with Crippen LogP contribution in [0.25, 0.3) is 17.1 Å². The van der Waals surface area contributed by atoms with Gasteiger partial charge < -0.3 is 9.64 Å². The number of aryl methyl sites for hydroxylation is 1. The van der Waals surface area contributed by atoms with E-state index in [0.29, 0.717) is 24.2 Å². The molecule has 5 rings (SSSR count). The van der Waals surface area contributed by atoms with Gasteiger partial charge in [-0.2, -0.15) is 0 Å². The van der Waals surface area contributed by atoms with Crippen molar-refractivity contribution >= 4 is 22.6 Å². The Hall–Kier alpha value is -3.90. The van der Waals surface area contributed by atoms with Crippen molar-refractivity contribution in [2.24, 2.45) is 4.99 Å². The Bertz CT molecular complexity index is 1590. The molecule has 1 aromatic heterocycles. The van der Waals surface area contributed by atoms with Gasteiger partial charge in [-0.25, -0.2) is 19.0 Å². The first-order chi connectivity index (χ1) is 21.6. The molecular formula is C33H36F4N6OS. The first kappa shape index (κ1) is 32.5. The van der Waals surface area contributed by atoms with E-state index in [-0.39, 0.29) is 17.5 Å². The summed E-state index contributed by atoms with van der Waals surface area (Å²) in [5.74, 6) is 1.20. The molecule has 3 aromatic carbocycles. The van der Waals surface area contributed by atoms with Crippen LogP contribution < -0.4 is 15.0 Å². The summed E-state index contributed by atoms with van der Waals surface area (Å²) in [6.45, 7) is 7.71. The molecule has 4 aromatic rings.